The molecular formula is C10H24O. The molecule has 0 aromatic heterocycles. The first-order valence-electron chi connectivity index (χ1n) is 5.07. The van der Waals surface area contributed by atoms with Gasteiger partial charge < -0.3 is 5.11 Å². The summed E-state index contributed by atoms with van der Waals surface area (Å²) in [5, 5.41) is 8.91. The van der Waals surface area contributed by atoms with E-state index in [0.29, 0.717) is 0 Å². The van der Waals surface area contributed by atoms with Gasteiger partial charge in [0.15, 0.2) is 0 Å². The van der Waals surface area contributed by atoms with Gasteiger partial charge in [-0.05, 0) is 12.8 Å². The second-order valence-electron chi connectivity index (χ2n) is 2.29. The average Bonchev–Trinajstić information content (AvgIpc) is 2.13. The van der Waals surface area contributed by atoms with Crippen LogP contribution in [0, 0.1) is 0 Å². The lowest BCUT2D eigenvalue weighted by Crippen LogP contribution is -2.09. The summed E-state index contributed by atoms with van der Waals surface area (Å²) in [7, 11) is 0. The molecule has 0 heterocycles. The fourth-order valence-electron chi connectivity index (χ4n) is 1.08. The molecule has 0 bridgehead atoms. The van der Waals surface area contributed by atoms with Crippen molar-refractivity contribution >= 4 is 0 Å². The molecule has 70 valence electrons. The maximum absolute atomic E-state index is 8.91. The summed E-state index contributed by atoms with van der Waals surface area (Å²) in [6, 6.07) is 0. The summed E-state index contributed by atoms with van der Waals surface area (Å²) in [4.78, 5) is 0. The van der Waals surface area contributed by atoms with Gasteiger partial charge in [0.2, 0.25) is 0 Å². The van der Waals surface area contributed by atoms with Crippen LogP contribution in [0.5, 0.6) is 0 Å². The summed E-state index contributed by atoms with van der Waals surface area (Å²) in [6.45, 7) is 8.00. The normalized spacial score (nSPS) is 17.2. The molecular weight excluding hydrogens is 136 g/mol. The Morgan fingerprint density at radius 1 is 0.818 bits per heavy atom. The molecule has 1 saturated carbocycles. The second kappa shape index (κ2) is 12.6. The molecule has 0 aliphatic heterocycles. The van der Waals surface area contributed by atoms with E-state index in [4.69, 9.17) is 5.11 Å². The van der Waals surface area contributed by atoms with E-state index >= 15 is 0 Å². The minimum atomic E-state index is 0.0359. The number of hydrogen-bond acceptors (Lipinski definition) is 1. The van der Waals surface area contributed by atoms with Crippen molar-refractivity contribution in [1.29, 1.82) is 0 Å². The summed E-state index contributed by atoms with van der Waals surface area (Å²) in [6.07, 6.45) is 5.92. The van der Waals surface area contributed by atoms with Crippen LogP contribution in [-0.2, 0) is 0 Å². The SMILES string of the molecule is CC.CC.OC1CCCCC1. The third-order valence-electron chi connectivity index (χ3n) is 1.57. The van der Waals surface area contributed by atoms with Gasteiger partial charge in [-0.3, -0.25) is 0 Å². The van der Waals surface area contributed by atoms with Crippen LogP contribution < -0.4 is 0 Å². The van der Waals surface area contributed by atoms with Gasteiger partial charge in [-0.25, -0.2) is 0 Å². The van der Waals surface area contributed by atoms with Gasteiger partial charge in [-0.1, -0.05) is 47.0 Å². The maximum atomic E-state index is 8.91. The zero-order chi connectivity index (χ0) is 9.11. The summed E-state index contributed by atoms with van der Waals surface area (Å²) in [5.41, 5.74) is 0. The Morgan fingerprint density at radius 2 is 1.18 bits per heavy atom. The Kier molecular flexibility index (Phi) is 15.5. The largest absolute Gasteiger partial charge is 0.393 e. The van der Waals surface area contributed by atoms with Crippen LogP contribution in [0.2, 0.25) is 0 Å². The first kappa shape index (κ1) is 13.5. The molecule has 0 saturated heterocycles. The molecule has 1 nitrogen and oxygen atoms in total. The third kappa shape index (κ3) is 9.96. The smallest absolute Gasteiger partial charge is 0.0540 e. The topological polar surface area (TPSA) is 20.2 Å². The van der Waals surface area contributed by atoms with Gasteiger partial charge in [0.1, 0.15) is 0 Å². The minimum absolute atomic E-state index is 0.0359. The lowest BCUT2D eigenvalue weighted by atomic mass is 9.98. The minimum Gasteiger partial charge on any atom is -0.393 e. The van der Waals surface area contributed by atoms with Crippen LogP contribution in [0.25, 0.3) is 0 Å². The molecule has 0 radical (unpaired) electrons. The number of hydrogen-bond donors (Lipinski definition) is 1. The molecule has 0 spiro atoms. The van der Waals surface area contributed by atoms with Crippen molar-refractivity contribution in [3.63, 3.8) is 0 Å². The predicted molar refractivity (Wildman–Crippen MR) is 51.8 cm³/mol. The quantitative estimate of drug-likeness (QED) is 0.576. The Bertz CT molecular complexity index is 46.8. The third-order valence-corrected chi connectivity index (χ3v) is 1.57. The molecule has 0 aromatic carbocycles. The van der Waals surface area contributed by atoms with Crippen molar-refractivity contribution in [1.82, 2.24) is 0 Å². The molecule has 1 N–H and O–H groups in total. The molecule has 1 fully saturated rings. The first-order valence-corrected chi connectivity index (χ1v) is 5.07. The van der Waals surface area contributed by atoms with Crippen molar-refractivity contribution in [2.75, 3.05) is 0 Å². The maximum Gasteiger partial charge on any atom is 0.0540 e. The molecule has 0 unspecified atom stereocenters. The van der Waals surface area contributed by atoms with Crippen LogP contribution >= 0.6 is 0 Å². The van der Waals surface area contributed by atoms with Crippen LogP contribution in [0.3, 0.4) is 0 Å². The summed E-state index contributed by atoms with van der Waals surface area (Å²) < 4.78 is 0. The van der Waals surface area contributed by atoms with E-state index < -0.39 is 0 Å². The lowest BCUT2D eigenvalue weighted by Gasteiger charge is -2.14. The first-order chi connectivity index (χ1) is 5.39. The Morgan fingerprint density at radius 3 is 1.36 bits per heavy atom. The fraction of sp³-hybridized carbons (Fsp3) is 1.00. The molecule has 1 rings (SSSR count). The highest BCUT2D eigenvalue weighted by Crippen LogP contribution is 2.16. The standard InChI is InChI=1S/C6H12O.2C2H6/c7-6-4-2-1-3-5-6;2*1-2/h6-7H,1-5H2;2*1-2H3. The van der Waals surface area contributed by atoms with E-state index in [2.05, 4.69) is 0 Å². The van der Waals surface area contributed by atoms with Gasteiger partial charge >= 0.3 is 0 Å². The molecule has 1 aliphatic carbocycles. The molecule has 1 aliphatic rings. The Balaban J connectivity index is 0. The fourth-order valence-corrected chi connectivity index (χ4v) is 1.08. The highest BCUT2D eigenvalue weighted by Gasteiger charge is 2.07. The van der Waals surface area contributed by atoms with Crippen LogP contribution in [-0.4, -0.2) is 11.2 Å². The van der Waals surface area contributed by atoms with Crippen molar-refractivity contribution in [2.45, 2.75) is 65.9 Å². The summed E-state index contributed by atoms with van der Waals surface area (Å²) in [5.74, 6) is 0. The molecule has 0 atom stereocenters. The second-order valence-corrected chi connectivity index (χ2v) is 2.29. The van der Waals surface area contributed by atoms with E-state index in [1.165, 1.54) is 19.3 Å². The predicted octanol–water partition coefficient (Wildman–Crippen LogP) is 3.36. The summed E-state index contributed by atoms with van der Waals surface area (Å²) >= 11 is 0. The van der Waals surface area contributed by atoms with Gasteiger partial charge in [-0.15, -0.1) is 0 Å². The van der Waals surface area contributed by atoms with Gasteiger partial charge in [0, 0.05) is 0 Å². The zero-order valence-corrected chi connectivity index (χ0v) is 8.56. The average molecular weight is 160 g/mol. The van der Waals surface area contributed by atoms with E-state index in [-0.39, 0.29) is 6.10 Å². The van der Waals surface area contributed by atoms with Crippen LogP contribution in [0.1, 0.15) is 59.8 Å². The van der Waals surface area contributed by atoms with Crippen molar-refractivity contribution in [2.24, 2.45) is 0 Å². The van der Waals surface area contributed by atoms with E-state index in [1.54, 1.807) is 0 Å². The molecule has 0 amide bonds. The van der Waals surface area contributed by atoms with E-state index in [1.807, 2.05) is 27.7 Å². The number of aliphatic hydroxyl groups excluding tert-OH is 1. The molecule has 0 aromatic rings. The Hall–Kier alpha value is -0.0400. The molecule has 11 heavy (non-hydrogen) atoms. The van der Waals surface area contributed by atoms with Crippen LogP contribution in [0.4, 0.5) is 0 Å². The molecule has 1 heteroatoms. The van der Waals surface area contributed by atoms with E-state index in [0.717, 1.165) is 12.8 Å². The highest BCUT2D eigenvalue weighted by atomic mass is 16.3. The number of rotatable bonds is 0. The van der Waals surface area contributed by atoms with Crippen LogP contribution in [0.15, 0.2) is 0 Å². The van der Waals surface area contributed by atoms with Gasteiger partial charge in [-0.2, -0.15) is 0 Å². The van der Waals surface area contributed by atoms with Gasteiger partial charge in [0.05, 0.1) is 6.10 Å². The van der Waals surface area contributed by atoms with Crippen molar-refractivity contribution in [3.05, 3.63) is 0 Å². The monoisotopic (exact) mass is 160 g/mol. The zero-order valence-electron chi connectivity index (χ0n) is 8.56. The van der Waals surface area contributed by atoms with E-state index in [9.17, 15) is 0 Å². The van der Waals surface area contributed by atoms with Crippen molar-refractivity contribution in [3.8, 4) is 0 Å². The number of aliphatic hydroxyl groups is 1. The Labute approximate surface area is 71.8 Å². The highest BCUT2D eigenvalue weighted by molar-refractivity contribution is 4.61. The van der Waals surface area contributed by atoms with Gasteiger partial charge in [0.25, 0.3) is 0 Å². The lowest BCUT2D eigenvalue weighted by molar-refractivity contribution is 0.130. The van der Waals surface area contributed by atoms with Crippen molar-refractivity contribution < 1.29 is 5.11 Å².